The Labute approximate surface area is 154 Å². The first-order chi connectivity index (χ1) is 13.2. The average Bonchev–Trinajstić information content (AvgIpc) is 3.37. The maximum Gasteiger partial charge on any atom is 0.272 e. The number of carbonyl (C=O) groups is 1. The van der Waals surface area contributed by atoms with Crippen LogP contribution in [0.2, 0.25) is 0 Å². The van der Waals surface area contributed by atoms with Crippen LogP contribution in [0.3, 0.4) is 0 Å². The van der Waals surface area contributed by atoms with E-state index in [1.165, 1.54) is 6.33 Å². The Morgan fingerprint density at radius 1 is 1.07 bits per heavy atom. The molecule has 0 unspecified atom stereocenters. The molecule has 8 nitrogen and oxygen atoms in total. The quantitative estimate of drug-likeness (QED) is 0.505. The Morgan fingerprint density at radius 2 is 1.89 bits per heavy atom. The largest absolute Gasteiger partial charge is 0.496 e. The lowest BCUT2D eigenvalue weighted by Gasteiger charge is -2.05. The molecule has 2 aromatic carbocycles. The highest BCUT2D eigenvalue weighted by Crippen LogP contribution is 2.33. The molecular weight excluding hydrogens is 346 g/mol. The summed E-state index contributed by atoms with van der Waals surface area (Å²) in [5.74, 6) is 1.65. The predicted molar refractivity (Wildman–Crippen MR) is 101 cm³/mol. The number of nitrogens with zero attached hydrogens (tertiary/aromatic N) is 2. The van der Waals surface area contributed by atoms with Crippen molar-refractivity contribution in [2.45, 2.75) is 0 Å². The van der Waals surface area contributed by atoms with E-state index in [2.05, 4.69) is 25.5 Å². The highest BCUT2D eigenvalue weighted by molar-refractivity contribution is 6.07. The summed E-state index contributed by atoms with van der Waals surface area (Å²) in [6, 6.07) is 12.7. The maximum absolute atomic E-state index is 12.7. The summed E-state index contributed by atoms with van der Waals surface area (Å²) in [5, 5.41) is 10.3. The molecule has 0 saturated carbocycles. The van der Waals surface area contributed by atoms with E-state index < -0.39 is 0 Å². The van der Waals surface area contributed by atoms with E-state index in [4.69, 9.17) is 9.47 Å². The van der Waals surface area contributed by atoms with Crippen LogP contribution < -0.4 is 14.8 Å². The molecule has 0 aliphatic carbocycles. The lowest BCUT2D eigenvalue weighted by molar-refractivity contribution is 0.102. The molecule has 4 aromatic rings. The third-order valence-corrected chi connectivity index (χ3v) is 4.21. The summed E-state index contributed by atoms with van der Waals surface area (Å²) < 4.78 is 10.7. The topological polar surface area (TPSA) is 105 Å². The summed E-state index contributed by atoms with van der Waals surface area (Å²) in [7, 11) is 3.17. The second-order valence-electron chi connectivity index (χ2n) is 5.81. The Balaban J connectivity index is 1.65. The predicted octanol–water partition coefficient (Wildman–Crippen LogP) is 3.22. The van der Waals surface area contributed by atoms with Crippen LogP contribution in [0.25, 0.3) is 22.3 Å². The average molecular weight is 363 g/mol. The second-order valence-corrected chi connectivity index (χ2v) is 5.81. The van der Waals surface area contributed by atoms with E-state index in [0.29, 0.717) is 34.2 Å². The molecule has 4 rings (SSSR count). The number of hydrogen-bond donors (Lipinski definition) is 3. The minimum atomic E-state index is -0.273. The lowest BCUT2D eigenvalue weighted by atomic mass is 10.2. The molecule has 0 bridgehead atoms. The summed E-state index contributed by atoms with van der Waals surface area (Å²) in [4.78, 5) is 19.9. The molecule has 2 heterocycles. The molecular formula is C19H17N5O3. The van der Waals surface area contributed by atoms with Crippen molar-refractivity contribution in [2.24, 2.45) is 0 Å². The van der Waals surface area contributed by atoms with Gasteiger partial charge in [0.2, 0.25) is 0 Å². The van der Waals surface area contributed by atoms with Gasteiger partial charge in [0.1, 0.15) is 23.5 Å². The van der Waals surface area contributed by atoms with E-state index in [-0.39, 0.29) is 5.91 Å². The van der Waals surface area contributed by atoms with Crippen molar-refractivity contribution in [3.05, 3.63) is 54.5 Å². The number of anilines is 1. The summed E-state index contributed by atoms with van der Waals surface area (Å²) in [5.41, 5.74) is 2.58. The fraction of sp³-hybridized carbons (Fsp3) is 0.105. The van der Waals surface area contributed by atoms with Gasteiger partial charge in [-0.15, -0.1) is 0 Å². The number of aromatic amines is 2. The molecule has 2 aromatic heterocycles. The molecule has 0 atom stereocenters. The minimum absolute atomic E-state index is 0.273. The molecule has 0 aliphatic heterocycles. The number of fused-ring (bicyclic) bond motifs is 1. The minimum Gasteiger partial charge on any atom is -0.496 e. The van der Waals surface area contributed by atoms with Crippen molar-refractivity contribution in [1.82, 2.24) is 20.2 Å². The van der Waals surface area contributed by atoms with Crippen molar-refractivity contribution in [2.75, 3.05) is 19.5 Å². The van der Waals surface area contributed by atoms with Crippen LogP contribution in [0.15, 0.2) is 48.8 Å². The summed E-state index contributed by atoms with van der Waals surface area (Å²) in [6.45, 7) is 0. The third kappa shape index (κ3) is 3.08. The van der Waals surface area contributed by atoms with Gasteiger partial charge < -0.3 is 19.8 Å². The van der Waals surface area contributed by atoms with Crippen molar-refractivity contribution >= 4 is 22.5 Å². The summed E-state index contributed by atoms with van der Waals surface area (Å²) in [6.07, 6.45) is 1.44. The number of aromatic nitrogens is 4. The molecule has 0 fully saturated rings. The number of H-pyrrole nitrogens is 2. The van der Waals surface area contributed by atoms with Crippen LogP contribution in [0.4, 0.5) is 5.69 Å². The number of benzene rings is 2. The number of amides is 1. The number of carbonyl (C=O) groups excluding carboxylic acids is 1. The molecule has 136 valence electrons. The van der Waals surface area contributed by atoms with Crippen molar-refractivity contribution < 1.29 is 14.3 Å². The Hall–Kier alpha value is -3.81. The van der Waals surface area contributed by atoms with E-state index in [1.807, 2.05) is 24.3 Å². The number of rotatable bonds is 5. The van der Waals surface area contributed by atoms with Crippen molar-refractivity contribution in [3.63, 3.8) is 0 Å². The zero-order chi connectivity index (χ0) is 18.8. The van der Waals surface area contributed by atoms with Crippen LogP contribution in [0.5, 0.6) is 11.5 Å². The number of hydrogen-bond acceptors (Lipinski definition) is 5. The van der Waals surface area contributed by atoms with E-state index in [0.717, 1.165) is 10.9 Å². The van der Waals surface area contributed by atoms with Gasteiger partial charge in [-0.1, -0.05) is 12.1 Å². The fourth-order valence-corrected chi connectivity index (χ4v) is 2.93. The Kier molecular flexibility index (Phi) is 4.21. The molecule has 3 N–H and O–H groups in total. The van der Waals surface area contributed by atoms with Crippen molar-refractivity contribution in [3.8, 4) is 22.9 Å². The number of methoxy groups -OCH3 is 2. The molecule has 0 spiro atoms. The van der Waals surface area contributed by atoms with Crippen molar-refractivity contribution in [1.29, 1.82) is 0 Å². The highest BCUT2D eigenvalue weighted by atomic mass is 16.5. The zero-order valence-electron chi connectivity index (χ0n) is 14.7. The van der Waals surface area contributed by atoms with Gasteiger partial charge in [0, 0.05) is 16.6 Å². The molecule has 27 heavy (non-hydrogen) atoms. The first-order valence-electron chi connectivity index (χ1n) is 8.20. The number of nitrogens with one attached hydrogen (secondary N) is 3. The first-order valence-corrected chi connectivity index (χ1v) is 8.20. The molecule has 0 saturated heterocycles. The smallest absolute Gasteiger partial charge is 0.272 e. The molecule has 8 heteroatoms. The van der Waals surface area contributed by atoms with Gasteiger partial charge in [0.05, 0.1) is 19.7 Å². The van der Waals surface area contributed by atoms with E-state index >= 15 is 0 Å². The van der Waals surface area contributed by atoms with Gasteiger partial charge in [-0.2, -0.15) is 5.10 Å². The van der Waals surface area contributed by atoms with Gasteiger partial charge in [-0.3, -0.25) is 9.89 Å². The first kappa shape index (κ1) is 16.6. The summed E-state index contributed by atoms with van der Waals surface area (Å²) >= 11 is 0. The zero-order valence-corrected chi connectivity index (χ0v) is 14.7. The van der Waals surface area contributed by atoms with E-state index in [9.17, 15) is 4.79 Å². The van der Waals surface area contributed by atoms with Crippen LogP contribution in [0, 0.1) is 0 Å². The van der Waals surface area contributed by atoms with Gasteiger partial charge >= 0.3 is 0 Å². The number of ether oxygens (including phenoxy) is 2. The molecule has 0 aliphatic rings. The van der Waals surface area contributed by atoms with Crippen LogP contribution in [-0.2, 0) is 0 Å². The van der Waals surface area contributed by atoms with E-state index in [1.54, 1.807) is 32.4 Å². The Morgan fingerprint density at radius 3 is 2.63 bits per heavy atom. The lowest BCUT2D eigenvalue weighted by Crippen LogP contribution is -2.12. The highest BCUT2D eigenvalue weighted by Gasteiger charge is 2.16. The fourth-order valence-electron chi connectivity index (χ4n) is 2.93. The maximum atomic E-state index is 12.7. The van der Waals surface area contributed by atoms with Crippen LogP contribution >= 0.6 is 0 Å². The standard InChI is InChI=1S/C19H17N5O3/c1-26-15-6-7-16(27-2)17-13(15)9-14(23-17)19(25)22-12-5-3-4-11(8-12)18-20-10-21-24-18/h3-10,23H,1-2H3,(H,22,25)(H,20,21,24). The van der Waals surface area contributed by atoms with Crippen LogP contribution in [0.1, 0.15) is 10.5 Å². The third-order valence-electron chi connectivity index (χ3n) is 4.21. The van der Waals surface area contributed by atoms with Gasteiger partial charge in [0.15, 0.2) is 5.82 Å². The van der Waals surface area contributed by atoms with Crippen LogP contribution in [-0.4, -0.2) is 40.3 Å². The van der Waals surface area contributed by atoms with Gasteiger partial charge in [0.25, 0.3) is 5.91 Å². The molecule has 1 amide bonds. The van der Waals surface area contributed by atoms with Gasteiger partial charge in [-0.05, 0) is 30.3 Å². The molecule has 0 radical (unpaired) electrons. The second kappa shape index (κ2) is 6.83. The Bertz CT molecular complexity index is 1060. The normalized spacial score (nSPS) is 10.7. The van der Waals surface area contributed by atoms with Gasteiger partial charge in [-0.25, -0.2) is 4.98 Å². The SMILES string of the molecule is COc1ccc(OC)c2[nH]c(C(=O)Nc3cccc(-c4ncn[nH]4)c3)cc12. The monoisotopic (exact) mass is 363 g/mol.